The maximum atomic E-state index is 14.6. The zero-order chi connectivity index (χ0) is 37.3. The van der Waals surface area contributed by atoms with Gasteiger partial charge in [0.2, 0.25) is 10.0 Å². The smallest absolute Gasteiger partial charge is 0.264 e. The van der Waals surface area contributed by atoms with Crippen molar-refractivity contribution in [1.82, 2.24) is 24.0 Å². The van der Waals surface area contributed by atoms with Crippen LogP contribution in [0.2, 0.25) is 0 Å². The molecular formula is C42H49N6O5S-. The molecule has 4 fully saturated rings. The lowest BCUT2D eigenvalue weighted by molar-refractivity contribution is 0.0737. The number of sulfonamides is 1. The van der Waals surface area contributed by atoms with Crippen LogP contribution in [-0.4, -0.2) is 77.0 Å². The SMILES string of the molecule is COc1ccc2c(c1)C=C(c1c(C(=O)N3CC4CCC(C3)[N-]4)cnn1C1CCC1)Cn1c-2c(C2CCCCC2)c2ccc(C(=O)NS(=O)(=O)C(C)C)cc21. The Bertz CT molecular complexity index is 2280. The number of aromatic nitrogens is 3. The van der Waals surface area contributed by atoms with E-state index < -0.39 is 21.2 Å². The molecule has 4 aromatic rings. The number of allylic oxidation sites excluding steroid dienone is 1. The maximum absolute atomic E-state index is 14.6. The van der Waals surface area contributed by atoms with Gasteiger partial charge in [-0.2, -0.15) is 5.10 Å². The van der Waals surface area contributed by atoms with Gasteiger partial charge < -0.3 is 19.5 Å². The number of fused-ring (bicyclic) bond motifs is 7. The van der Waals surface area contributed by atoms with Crippen molar-refractivity contribution in [1.29, 1.82) is 0 Å². The molecule has 2 bridgehead atoms. The highest BCUT2D eigenvalue weighted by molar-refractivity contribution is 7.90. The number of carbonyl (C=O) groups is 2. The van der Waals surface area contributed by atoms with Crippen LogP contribution in [0.25, 0.3) is 39.1 Å². The topological polar surface area (TPSA) is 130 Å². The van der Waals surface area contributed by atoms with Gasteiger partial charge in [-0.25, -0.2) is 13.1 Å². The molecule has 1 N–H and O–H groups in total. The van der Waals surface area contributed by atoms with E-state index in [1.54, 1.807) is 33.2 Å². The summed E-state index contributed by atoms with van der Waals surface area (Å²) in [5.74, 6) is 0.430. The molecule has 2 saturated carbocycles. The Morgan fingerprint density at radius 3 is 2.37 bits per heavy atom. The number of piperazine rings is 1. The summed E-state index contributed by atoms with van der Waals surface area (Å²) in [6.07, 6.45) is 14.9. The van der Waals surface area contributed by atoms with E-state index in [1.807, 2.05) is 23.1 Å². The predicted molar refractivity (Wildman–Crippen MR) is 210 cm³/mol. The van der Waals surface area contributed by atoms with Crippen LogP contribution in [0.15, 0.2) is 42.6 Å². The number of hydrogen-bond acceptors (Lipinski definition) is 6. The molecule has 2 aliphatic carbocycles. The largest absolute Gasteiger partial charge is 0.654 e. The van der Waals surface area contributed by atoms with Gasteiger partial charge in [-0.05, 0) is 105 Å². The highest BCUT2D eigenvalue weighted by Crippen LogP contribution is 2.48. The van der Waals surface area contributed by atoms with Gasteiger partial charge in [0.05, 0.1) is 48.1 Å². The molecule has 9 rings (SSSR count). The van der Waals surface area contributed by atoms with E-state index in [4.69, 9.17) is 15.2 Å². The molecule has 5 heterocycles. The third-order valence-electron chi connectivity index (χ3n) is 12.6. The Morgan fingerprint density at radius 2 is 1.69 bits per heavy atom. The Balaban J connectivity index is 1.25. The van der Waals surface area contributed by atoms with Crippen LogP contribution in [0.5, 0.6) is 5.75 Å². The van der Waals surface area contributed by atoms with E-state index in [9.17, 15) is 18.0 Å². The van der Waals surface area contributed by atoms with Crippen molar-refractivity contribution in [3.8, 4) is 17.0 Å². The average molecular weight is 750 g/mol. The third-order valence-corrected chi connectivity index (χ3v) is 14.3. The van der Waals surface area contributed by atoms with Crippen LogP contribution >= 0.6 is 0 Å². The number of carbonyl (C=O) groups excluding carboxylic acids is 2. The molecule has 0 spiro atoms. The summed E-state index contributed by atoms with van der Waals surface area (Å²) in [7, 11) is -2.15. The first-order valence-corrected chi connectivity index (χ1v) is 21.3. The monoisotopic (exact) mass is 749 g/mol. The van der Waals surface area contributed by atoms with E-state index >= 15 is 0 Å². The zero-order valence-electron chi connectivity index (χ0n) is 31.4. The van der Waals surface area contributed by atoms with Gasteiger partial charge in [0.25, 0.3) is 11.8 Å². The van der Waals surface area contributed by atoms with E-state index in [0.29, 0.717) is 31.1 Å². The van der Waals surface area contributed by atoms with Crippen LogP contribution in [0.4, 0.5) is 0 Å². The summed E-state index contributed by atoms with van der Waals surface area (Å²) in [6.45, 7) is 4.82. The molecule has 5 aliphatic rings. The fraction of sp³-hybridized carbons (Fsp3) is 0.500. The minimum Gasteiger partial charge on any atom is -0.654 e. The minimum atomic E-state index is -3.83. The number of likely N-dealkylation sites (tertiary alicyclic amines) is 1. The van der Waals surface area contributed by atoms with Crippen LogP contribution in [0.3, 0.4) is 0 Å². The van der Waals surface area contributed by atoms with Crippen molar-refractivity contribution in [2.45, 2.75) is 114 Å². The second-order valence-corrected chi connectivity index (χ2v) is 18.5. The second-order valence-electron chi connectivity index (χ2n) is 16.2. The molecule has 2 atom stereocenters. The van der Waals surface area contributed by atoms with Gasteiger partial charge in [0.15, 0.2) is 0 Å². The molecule has 2 aromatic heterocycles. The van der Waals surface area contributed by atoms with E-state index in [0.717, 1.165) is 103 Å². The number of hydrogen-bond donors (Lipinski definition) is 1. The Hall–Kier alpha value is -4.42. The number of nitrogens with zero attached hydrogens (tertiary/aromatic N) is 5. The predicted octanol–water partition coefficient (Wildman–Crippen LogP) is 7.67. The second kappa shape index (κ2) is 13.7. The first-order valence-electron chi connectivity index (χ1n) is 19.8. The first-order chi connectivity index (χ1) is 26.1. The van der Waals surface area contributed by atoms with Gasteiger partial charge in [-0.1, -0.05) is 38.2 Å². The van der Waals surface area contributed by atoms with Gasteiger partial charge in [0.1, 0.15) is 5.75 Å². The normalized spacial score (nSPS) is 21.7. The van der Waals surface area contributed by atoms with Gasteiger partial charge in [-0.15, -0.1) is 12.1 Å². The Kier molecular flexibility index (Phi) is 8.96. The van der Waals surface area contributed by atoms with Crippen LogP contribution < -0.4 is 9.46 Å². The van der Waals surface area contributed by atoms with Crippen molar-refractivity contribution >= 4 is 44.4 Å². The molecule has 11 nitrogen and oxygen atoms in total. The highest BCUT2D eigenvalue weighted by atomic mass is 32.2. The minimum absolute atomic E-state index is 0.00388. The van der Waals surface area contributed by atoms with Crippen molar-refractivity contribution in [3.63, 3.8) is 0 Å². The molecule has 2 saturated heterocycles. The molecule has 3 aliphatic heterocycles. The molecule has 0 radical (unpaired) electrons. The van der Waals surface area contributed by atoms with Gasteiger partial charge in [0, 0.05) is 35.1 Å². The first kappa shape index (κ1) is 35.3. The van der Waals surface area contributed by atoms with Crippen LogP contribution in [0, 0.1) is 0 Å². The fourth-order valence-electron chi connectivity index (χ4n) is 9.41. The molecule has 2 aromatic carbocycles. The molecular weight excluding hydrogens is 701 g/mol. The van der Waals surface area contributed by atoms with Crippen LogP contribution in [-0.2, 0) is 16.6 Å². The quantitative estimate of drug-likeness (QED) is 0.197. The zero-order valence-corrected chi connectivity index (χ0v) is 32.2. The summed E-state index contributed by atoms with van der Waals surface area (Å²) in [6, 6.07) is 12.4. The maximum Gasteiger partial charge on any atom is 0.264 e. The van der Waals surface area contributed by atoms with Crippen molar-refractivity contribution in [3.05, 3.63) is 75.9 Å². The number of benzene rings is 2. The van der Waals surface area contributed by atoms with E-state index in [-0.39, 0.29) is 29.6 Å². The molecule has 54 heavy (non-hydrogen) atoms. The van der Waals surface area contributed by atoms with Crippen LogP contribution in [0.1, 0.15) is 128 Å². The Morgan fingerprint density at radius 1 is 0.926 bits per heavy atom. The van der Waals surface area contributed by atoms with Gasteiger partial charge in [-0.3, -0.25) is 14.3 Å². The lowest BCUT2D eigenvalue weighted by Crippen LogP contribution is -2.43. The standard InChI is InChI=1S/C42H49N6O5S/c1-25(2)54(51,52)45-41(49)27-12-16-35-37(20-27)47-22-29(18-28-19-33(53-3)15-17-34(28)40(47)38(35)26-8-5-4-6-9-26)39-36(21-43-48(39)32-10-7-11-32)42(50)46-23-30-13-14-31(24-46)44-30/h12,15-21,25-26,30-32H,4-11,13-14,22-24H2,1-3H3,(H,45,49)/q-1. The van der Waals surface area contributed by atoms with Gasteiger partial charge >= 0.3 is 0 Å². The summed E-state index contributed by atoms with van der Waals surface area (Å²) in [5, 5.41) is 10.1. The van der Waals surface area contributed by atoms with E-state index in [1.165, 1.54) is 12.0 Å². The third kappa shape index (κ3) is 6.05. The number of nitrogens with one attached hydrogen (secondary N) is 1. The molecule has 284 valence electrons. The number of amides is 2. The fourth-order valence-corrected chi connectivity index (χ4v) is 10.0. The van der Waals surface area contributed by atoms with E-state index in [2.05, 4.69) is 32.2 Å². The number of rotatable bonds is 8. The number of methoxy groups -OCH3 is 1. The lowest BCUT2D eigenvalue weighted by atomic mass is 9.81. The van der Waals surface area contributed by atoms with Crippen molar-refractivity contribution in [2.24, 2.45) is 0 Å². The highest BCUT2D eigenvalue weighted by Gasteiger charge is 2.36. The lowest BCUT2D eigenvalue weighted by Gasteiger charge is -2.42. The summed E-state index contributed by atoms with van der Waals surface area (Å²) >= 11 is 0. The summed E-state index contributed by atoms with van der Waals surface area (Å²) in [4.78, 5) is 30.1. The summed E-state index contributed by atoms with van der Waals surface area (Å²) < 4.78 is 38.1. The summed E-state index contributed by atoms with van der Waals surface area (Å²) in [5.41, 5.74) is 8.01. The number of ether oxygens (including phenoxy) is 1. The molecule has 2 unspecified atom stereocenters. The molecule has 2 amide bonds. The molecule has 12 heteroatoms. The Labute approximate surface area is 317 Å². The van der Waals surface area contributed by atoms with Crippen molar-refractivity contribution in [2.75, 3.05) is 20.2 Å². The average Bonchev–Trinajstić information content (AvgIpc) is 3.79. The van der Waals surface area contributed by atoms with Crippen molar-refractivity contribution < 1.29 is 22.7 Å².